The maximum atomic E-state index is 12.6. The van der Waals surface area contributed by atoms with E-state index in [4.69, 9.17) is 18.9 Å². The quantitative estimate of drug-likeness (QED) is 0.0546. The zero-order valence-corrected chi connectivity index (χ0v) is 27.6. The second kappa shape index (κ2) is 30.6. The molecule has 0 N–H and O–H groups in total. The van der Waals surface area contributed by atoms with Crippen LogP contribution in [0, 0.1) is 0 Å². The van der Waals surface area contributed by atoms with Gasteiger partial charge in [-0.15, -0.1) is 0 Å². The number of alkyl halides is 5. The minimum Gasteiger partial charge on any atom is -0.793 e. The molecule has 0 aromatic heterocycles. The number of hydrogen-bond donors (Lipinski definition) is 0. The summed E-state index contributed by atoms with van der Waals surface area (Å²) in [5, 5.41) is 0. The molecule has 0 radical (unpaired) electrons. The molecule has 0 rings (SSSR count). The van der Waals surface area contributed by atoms with Gasteiger partial charge in [-0.1, -0.05) is 19.8 Å². The molecule has 38 heavy (non-hydrogen) atoms. The summed E-state index contributed by atoms with van der Waals surface area (Å²) in [7, 11) is 7.62. The van der Waals surface area contributed by atoms with E-state index in [2.05, 4.69) is 24.3 Å². The number of esters is 1. The number of hydrogen-bond acceptors (Lipinski definition) is 8. The van der Waals surface area contributed by atoms with E-state index in [0.29, 0.717) is 18.6 Å². The third-order valence-corrected chi connectivity index (χ3v) is 6.21. The van der Waals surface area contributed by atoms with E-state index in [-0.39, 0.29) is 54.5 Å². The molecule has 0 aromatic carbocycles. The average molecular weight is 613 g/mol. The summed E-state index contributed by atoms with van der Waals surface area (Å²) in [6, 6.07) is 0. The molecular formula is C24H46F5NaO6S2. The van der Waals surface area contributed by atoms with Crippen LogP contribution in [-0.2, 0) is 41.1 Å². The van der Waals surface area contributed by atoms with Crippen LogP contribution in [0.15, 0.2) is 0 Å². The zero-order chi connectivity index (χ0) is 29.2. The molecule has 0 saturated carbocycles. The van der Waals surface area contributed by atoms with Crippen LogP contribution < -0.4 is 29.6 Å². The maximum absolute atomic E-state index is 12.6. The fourth-order valence-electron chi connectivity index (χ4n) is 2.48. The van der Waals surface area contributed by atoms with Gasteiger partial charge in [-0.2, -0.15) is 39.5 Å². The molecule has 0 atom stereocenters. The van der Waals surface area contributed by atoms with Gasteiger partial charge in [0.1, 0.15) is 0 Å². The Bertz CT molecular complexity index is 499. The molecule has 0 aliphatic heterocycles. The van der Waals surface area contributed by atoms with Crippen LogP contribution in [-0.4, -0.2) is 83.5 Å². The first kappa shape index (κ1) is 45.6. The maximum Gasteiger partial charge on any atom is 1.00 e. The Labute approximate surface area is 257 Å². The van der Waals surface area contributed by atoms with Crippen molar-refractivity contribution in [3.05, 3.63) is 0 Å². The summed E-state index contributed by atoms with van der Waals surface area (Å²) in [6.07, 6.45) is -0.442. The Hall–Kier alpha value is 0.660. The summed E-state index contributed by atoms with van der Waals surface area (Å²) in [6.45, 7) is 2.15. The predicted octanol–water partition coefficient (Wildman–Crippen LogP) is 3.77. The van der Waals surface area contributed by atoms with E-state index in [1.807, 2.05) is 0 Å². The Kier molecular flexibility index (Phi) is 36.8. The molecule has 0 aliphatic rings. The van der Waals surface area contributed by atoms with Gasteiger partial charge < -0.3 is 36.3 Å². The molecular weight excluding hydrogens is 566 g/mol. The van der Waals surface area contributed by atoms with Gasteiger partial charge in [-0.05, 0) is 50.0 Å². The first-order valence-electron chi connectivity index (χ1n) is 12.2. The molecule has 0 saturated heterocycles. The van der Waals surface area contributed by atoms with E-state index in [1.54, 1.807) is 28.4 Å². The number of carbonyl (C=O) groups excluding carboxylic acids is 1. The zero-order valence-electron chi connectivity index (χ0n) is 24.0. The van der Waals surface area contributed by atoms with Crippen molar-refractivity contribution in [2.45, 2.75) is 95.8 Å². The van der Waals surface area contributed by atoms with Gasteiger partial charge in [0.2, 0.25) is 0 Å². The second-order valence-electron chi connectivity index (χ2n) is 7.74. The number of rotatable bonds is 19. The van der Waals surface area contributed by atoms with Crippen molar-refractivity contribution in [1.82, 2.24) is 0 Å². The minimum atomic E-state index is -5.44. The number of thioether (sulfide) groups is 1. The number of unbranched alkanes of at least 4 members (excludes halogenated alkanes) is 2. The van der Waals surface area contributed by atoms with Gasteiger partial charge in [0.05, 0.1) is 7.11 Å². The van der Waals surface area contributed by atoms with Gasteiger partial charge in [-0.25, -0.2) is 0 Å². The van der Waals surface area contributed by atoms with Crippen LogP contribution >= 0.6 is 11.8 Å². The fourth-order valence-corrected chi connectivity index (χ4v) is 3.73. The molecule has 14 heteroatoms. The van der Waals surface area contributed by atoms with Crippen molar-refractivity contribution < 1.29 is 80.0 Å². The number of methoxy groups -OCH3 is 5. The first-order valence-corrected chi connectivity index (χ1v) is 13.9. The number of carbonyl (C=O) groups is 1. The third-order valence-electron chi connectivity index (χ3n) is 4.77. The largest absolute Gasteiger partial charge is 1.00 e. The van der Waals surface area contributed by atoms with Gasteiger partial charge in [0, 0.05) is 41.3 Å². The molecule has 0 amide bonds. The van der Waals surface area contributed by atoms with Gasteiger partial charge in [0.15, 0.2) is 12.6 Å². The van der Waals surface area contributed by atoms with Crippen LogP contribution in [0.25, 0.3) is 0 Å². The minimum absolute atomic E-state index is 0. The average Bonchev–Trinajstić information content (AvgIpc) is 2.86. The Morgan fingerprint density at radius 2 is 1.26 bits per heavy atom. The van der Waals surface area contributed by atoms with E-state index in [9.17, 15) is 26.7 Å². The van der Waals surface area contributed by atoms with E-state index in [0.717, 1.165) is 37.2 Å². The van der Waals surface area contributed by atoms with Crippen LogP contribution in [0.1, 0.15) is 71.1 Å². The number of ether oxygens (including phenoxy) is 5. The predicted molar refractivity (Wildman–Crippen MR) is 140 cm³/mol. The SMILES string of the molecule is CCCC[S-].COC(=O)CCCC(OC)OC.COC(CCCCSCCCC(F)(F)C(F)(F)F)OC.[Na+]. The molecule has 0 aliphatic carbocycles. The smallest absolute Gasteiger partial charge is 0.793 e. The van der Waals surface area contributed by atoms with Crippen molar-refractivity contribution in [3.8, 4) is 0 Å². The van der Waals surface area contributed by atoms with Crippen LogP contribution in [0.3, 0.4) is 0 Å². The molecule has 0 fully saturated rings. The van der Waals surface area contributed by atoms with Crippen molar-refractivity contribution in [2.24, 2.45) is 0 Å². The summed E-state index contributed by atoms with van der Waals surface area (Å²) in [5.41, 5.74) is 0. The normalized spacial score (nSPS) is 11.3. The van der Waals surface area contributed by atoms with Crippen molar-refractivity contribution >= 4 is 30.4 Å². The van der Waals surface area contributed by atoms with Crippen molar-refractivity contribution in [3.63, 3.8) is 0 Å². The molecule has 0 aromatic rings. The Morgan fingerprint density at radius 1 is 0.789 bits per heavy atom. The molecule has 0 bridgehead atoms. The van der Waals surface area contributed by atoms with Gasteiger partial charge in [0.25, 0.3) is 0 Å². The van der Waals surface area contributed by atoms with Crippen molar-refractivity contribution in [2.75, 3.05) is 52.8 Å². The molecule has 226 valence electrons. The first-order chi connectivity index (χ1) is 17.4. The van der Waals surface area contributed by atoms with Gasteiger partial charge >= 0.3 is 47.6 Å². The summed E-state index contributed by atoms with van der Waals surface area (Å²) >= 11 is 6.04. The molecule has 0 spiro atoms. The van der Waals surface area contributed by atoms with Crippen molar-refractivity contribution in [1.29, 1.82) is 0 Å². The Balaban J connectivity index is -0.000000272. The molecule has 6 nitrogen and oxygen atoms in total. The van der Waals surface area contributed by atoms with Crippen LogP contribution in [0.2, 0.25) is 0 Å². The topological polar surface area (TPSA) is 63.2 Å². The van der Waals surface area contributed by atoms with E-state index >= 15 is 0 Å². The summed E-state index contributed by atoms with van der Waals surface area (Å²) < 4.78 is 85.1. The van der Waals surface area contributed by atoms with E-state index in [1.165, 1.54) is 31.7 Å². The van der Waals surface area contributed by atoms with Gasteiger partial charge in [-0.3, -0.25) is 4.79 Å². The van der Waals surface area contributed by atoms with E-state index < -0.39 is 18.5 Å². The fraction of sp³-hybridized carbons (Fsp3) is 0.958. The summed E-state index contributed by atoms with van der Waals surface area (Å²) in [5.74, 6) is -2.80. The summed E-state index contributed by atoms with van der Waals surface area (Å²) in [4.78, 5) is 10.7. The second-order valence-corrected chi connectivity index (χ2v) is 9.37. The Morgan fingerprint density at radius 3 is 1.63 bits per heavy atom. The van der Waals surface area contributed by atoms with Crippen LogP contribution in [0.5, 0.6) is 0 Å². The molecule has 0 heterocycles. The molecule has 0 unspecified atom stereocenters. The number of halogens is 5. The monoisotopic (exact) mass is 612 g/mol. The third kappa shape index (κ3) is 29.6. The standard InChI is InChI=1S/C12H21F5O2S.C8H16O4.C4H10S.Na/c1-18-10(19-2)6-3-4-8-20-9-5-7-11(13,14)12(15,16)17;1-10-7(9)5-4-6-8(11-2)12-3;1-2-3-4-5;/h10H,3-9H2,1-2H3;8H,4-6H2,1-3H3;5H,2-4H2,1H3;/q;;;+1/p-1. The van der Waals surface area contributed by atoms with Crippen LogP contribution in [0.4, 0.5) is 22.0 Å².